The highest BCUT2D eigenvalue weighted by molar-refractivity contribution is 5.80. The molecule has 2 aliphatic heterocycles. The monoisotopic (exact) mass is 266 g/mol. The van der Waals surface area contributed by atoms with Gasteiger partial charge in [-0.05, 0) is 37.5 Å². The third kappa shape index (κ3) is 2.48. The standard InChI is InChI=1S/C14H22N2O3/c17-12(18)7-14(4-1-5-14)8-15-13(19)10-6-9-2-3-11(10)16-9/h9-11,16H,1-8H2,(H,15,19)(H,17,18). The lowest BCUT2D eigenvalue weighted by molar-refractivity contribution is -0.142. The van der Waals surface area contributed by atoms with Crippen molar-refractivity contribution in [2.24, 2.45) is 11.3 Å². The highest BCUT2D eigenvalue weighted by Crippen LogP contribution is 2.43. The summed E-state index contributed by atoms with van der Waals surface area (Å²) >= 11 is 0. The molecule has 2 bridgehead atoms. The van der Waals surface area contributed by atoms with E-state index in [4.69, 9.17) is 5.11 Å². The molecule has 106 valence electrons. The molecule has 1 amide bonds. The van der Waals surface area contributed by atoms with Crippen LogP contribution in [0.25, 0.3) is 0 Å². The molecule has 3 unspecified atom stereocenters. The van der Waals surface area contributed by atoms with Gasteiger partial charge in [-0.15, -0.1) is 0 Å². The Morgan fingerprint density at radius 2 is 2.11 bits per heavy atom. The first-order valence-electron chi connectivity index (χ1n) is 7.34. The SMILES string of the molecule is O=C(O)CC1(CNC(=O)C2CC3CCC2N3)CCC1. The zero-order valence-electron chi connectivity index (χ0n) is 11.2. The molecule has 3 aliphatic rings. The van der Waals surface area contributed by atoms with Gasteiger partial charge in [-0.3, -0.25) is 9.59 Å². The predicted molar refractivity (Wildman–Crippen MR) is 69.6 cm³/mol. The van der Waals surface area contributed by atoms with Gasteiger partial charge in [-0.2, -0.15) is 0 Å². The number of rotatable bonds is 5. The average molecular weight is 266 g/mol. The Balaban J connectivity index is 1.51. The van der Waals surface area contributed by atoms with Gasteiger partial charge < -0.3 is 15.7 Å². The Hall–Kier alpha value is -1.10. The van der Waals surface area contributed by atoms with Crippen molar-refractivity contribution in [1.29, 1.82) is 0 Å². The summed E-state index contributed by atoms with van der Waals surface area (Å²) in [4.78, 5) is 23.1. The van der Waals surface area contributed by atoms with Crippen LogP contribution < -0.4 is 10.6 Å². The van der Waals surface area contributed by atoms with Crippen LogP contribution in [0.3, 0.4) is 0 Å². The lowest BCUT2D eigenvalue weighted by Crippen LogP contribution is -2.46. The van der Waals surface area contributed by atoms with Crippen LogP contribution in [0, 0.1) is 11.3 Å². The third-order valence-electron chi connectivity index (χ3n) is 5.21. The molecule has 3 N–H and O–H groups in total. The van der Waals surface area contributed by atoms with Gasteiger partial charge in [-0.25, -0.2) is 0 Å². The second kappa shape index (κ2) is 4.78. The lowest BCUT2D eigenvalue weighted by Gasteiger charge is -2.41. The van der Waals surface area contributed by atoms with E-state index in [0.717, 1.165) is 32.1 Å². The first-order chi connectivity index (χ1) is 9.08. The molecule has 0 aromatic carbocycles. The lowest BCUT2D eigenvalue weighted by atomic mass is 9.66. The molecule has 3 fully saturated rings. The number of nitrogens with one attached hydrogen (secondary N) is 2. The molecule has 2 heterocycles. The molecule has 0 radical (unpaired) electrons. The maximum Gasteiger partial charge on any atom is 0.303 e. The number of carbonyl (C=O) groups is 2. The van der Waals surface area contributed by atoms with Gasteiger partial charge >= 0.3 is 5.97 Å². The minimum atomic E-state index is -0.754. The number of aliphatic carboxylic acids is 1. The van der Waals surface area contributed by atoms with Gasteiger partial charge in [0.25, 0.3) is 0 Å². The average Bonchev–Trinajstić information content (AvgIpc) is 2.93. The molecule has 2 saturated heterocycles. The molecule has 3 rings (SSSR count). The summed E-state index contributed by atoms with van der Waals surface area (Å²) < 4.78 is 0. The molecule has 0 aromatic heterocycles. The third-order valence-corrected chi connectivity index (χ3v) is 5.21. The smallest absolute Gasteiger partial charge is 0.303 e. The highest BCUT2D eigenvalue weighted by Gasteiger charge is 2.44. The van der Waals surface area contributed by atoms with Crippen molar-refractivity contribution in [3.63, 3.8) is 0 Å². The van der Waals surface area contributed by atoms with Crippen molar-refractivity contribution >= 4 is 11.9 Å². The van der Waals surface area contributed by atoms with Crippen molar-refractivity contribution in [3.05, 3.63) is 0 Å². The van der Waals surface area contributed by atoms with Crippen LogP contribution in [0.5, 0.6) is 0 Å². The molecule has 19 heavy (non-hydrogen) atoms. The minimum absolute atomic E-state index is 0.0979. The topological polar surface area (TPSA) is 78.4 Å². The fourth-order valence-corrected chi connectivity index (χ4v) is 3.93. The quantitative estimate of drug-likeness (QED) is 0.690. The molecule has 5 heteroatoms. The molecule has 5 nitrogen and oxygen atoms in total. The van der Waals surface area contributed by atoms with E-state index in [-0.39, 0.29) is 23.7 Å². The second-order valence-electron chi connectivity index (χ2n) is 6.53. The van der Waals surface area contributed by atoms with E-state index >= 15 is 0 Å². The van der Waals surface area contributed by atoms with E-state index in [1.807, 2.05) is 0 Å². The van der Waals surface area contributed by atoms with Crippen LogP contribution in [0.2, 0.25) is 0 Å². The summed E-state index contributed by atoms with van der Waals surface area (Å²) in [6, 6.07) is 0.874. The Kier molecular flexibility index (Phi) is 3.25. The number of amides is 1. The van der Waals surface area contributed by atoms with Crippen molar-refractivity contribution < 1.29 is 14.7 Å². The Labute approximate surface area is 113 Å². The Morgan fingerprint density at radius 1 is 1.32 bits per heavy atom. The zero-order valence-corrected chi connectivity index (χ0v) is 11.2. The fraction of sp³-hybridized carbons (Fsp3) is 0.857. The number of carboxylic acid groups (broad SMARTS) is 1. The number of hydrogen-bond acceptors (Lipinski definition) is 3. The summed E-state index contributed by atoms with van der Waals surface area (Å²) in [7, 11) is 0. The summed E-state index contributed by atoms with van der Waals surface area (Å²) in [5, 5.41) is 15.4. The summed E-state index contributed by atoms with van der Waals surface area (Å²) in [6.07, 6.45) is 6.35. The summed E-state index contributed by atoms with van der Waals surface area (Å²) in [5.41, 5.74) is -0.174. The molecule has 1 aliphatic carbocycles. The first-order valence-corrected chi connectivity index (χ1v) is 7.34. The van der Waals surface area contributed by atoms with Gasteiger partial charge in [0, 0.05) is 18.6 Å². The van der Waals surface area contributed by atoms with Crippen molar-refractivity contribution in [3.8, 4) is 0 Å². The van der Waals surface area contributed by atoms with Gasteiger partial charge in [0.15, 0.2) is 0 Å². The van der Waals surface area contributed by atoms with Crippen LogP contribution in [0.15, 0.2) is 0 Å². The van der Waals surface area contributed by atoms with Crippen molar-refractivity contribution in [2.75, 3.05) is 6.54 Å². The van der Waals surface area contributed by atoms with Crippen LogP contribution in [0.1, 0.15) is 44.9 Å². The van der Waals surface area contributed by atoms with Crippen LogP contribution in [-0.4, -0.2) is 35.6 Å². The van der Waals surface area contributed by atoms with Crippen LogP contribution >= 0.6 is 0 Å². The zero-order chi connectivity index (χ0) is 13.5. The van der Waals surface area contributed by atoms with Gasteiger partial charge in [-0.1, -0.05) is 6.42 Å². The van der Waals surface area contributed by atoms with Crippen molar-refractivity contribution in [1.82, 2.24) is 10.6 Å². The van der Waals surface area contributed by atoms with Gasteiger partial charge in [0.05, 0.1) is 12.3 Å². The maximum atomic E-state index is 12.2. The minimum Gasteiger partial charge on any atom is -0.481 e. The predicted octanol–water partition coefficient (Wildman–Crippen LogP) is 0.888. The van der Waals surface area contributed by atoms with E-state index in [1.54, 1.807) is 0 Å². The highest BCUT2D eigenvalue weighted by atomic mass is 16.4. The van der Waals surface area contributed by atoms with Crippen LogP contribution in [-0.2, 0) is 9.59 Å². The molecule has 0 aromatic rings. The summed E-state index contributed by atoms with van der Waals surface area (Å²) in [6.45, 7) is 0.534. The normalized spacial score (nSPS) is 34.8. The number of carbonyl (C=O) groups excluding carboxylic acids is 1. The number of carboxylic acids is 1. The number of hydrogen-bond donors (Lipinski definition) is 3. The Morgan fingerprint density at radius 3 is 2.58 bits per heavy atom. The first kappa shape index (κ1) is 12.9. The van der Waals surface area contributed by atoms with E-state index in [9.17, 15) is 9.59 Å². The molecule has 0 spiro atoms. The largest absolute Gasteiger partial charge is 0.481 e. The maximum absolute atomic E-state index is 12.2. The fourth-order valence-electron chi connectivity index (χ4n) is 3.93. The Bertz CT molecular complexity index is 392. The van der Waals surface area contributed by atoms with Crippen molar-refractivity contribution in [2.45, 2.75) is 57.0 Å². The van der Waals surface area contributed by atoms with E-state index in [0.29, 0.717) is 18.6 Å². The van der Waals surface area contributed by atoms with E-state index in [2.05, 4.69) is 10.6 Å². The van der Waals surface area contributed by atoms with E-state index < -0.39 is 5.97 Å². The molecule has 3 atom stereocenters. The van der Waals surface area contributed by atoms with Gasteiger partial charge in [0.1, 0.15) is 0 Å². The van der Waals surface area contributed by atoms with Gasteiger partial charge in [0.2, 0.25) is 5.91 Å². The summed E-state index contributed by atoms with van der Waals surface area (Å²) in [5.74, 6) is -0.535. The number of fused-ring (bicyclic) bond motifs is 2. The molecular weight excluding hydrogens is 244 g/mol. The molecular formula is C14H22N2O3. The van der Waals surface area contributed by atoms with Crippen LogP contribution in [0.4, 0.5) is 0 Å². The molecule has 1 saturated carbocycles. The second-order valence-corrected chi connectivity index (χ2v) is 6.53. The van der Waals surface area contributed by atoms with E-state index in [1.165, 1.54) is 6.42 Å².